The number of fused-ring (bicyclic) bond motifs is 1. The van der Waals surface area contributed by atoms with Crippen LogP contribution < -0.4 is 10.6 Å². The molecule has 1 unspecified atom stereocenters. The molecule has 0 aliphatic carbocycles. The Bertz CT molecular complexity index is 794. The van der Waals surface area contributed by atoms with Crippen molar-refractivity contribution in [1.29, 1.82) is 0 Å². The summed E-state index contributed by atoms with van der Waals surface area (Å²) in [6.07, 6.45) is 3.24. The quantitative estimate of drug-likeness (QED) is 0.526. The van der Waals surface area contributed by atoms with Gasteiger partial charge in [-0.25, -0.2) is 9.98 Å². The molecule has 1 fully saturated rings. The van der Waals surface area contributed by atoms with Crippen molar-refractivity contribution in [1.82, 2.24) is 24.9 Å². The molecule has 0 spiro atoms. The van der Waals surface area contributed by atoms with Gasteiger partial charge in [-0.2, -0.15) is 0 Å². The van der Waals surface area contributed by atoms with Gasteiger partial charge in [-0.3, -0.25) is 4.90 Å². The van der Waals surface area contributed by atoms with Gasteiger partial charge in [0.1, 0.15) is 5.65 Å². The number of hydrogen-bond donors (Lipinski definition) is 2. The molecule has 3 heterocycles. The van der Waals surface area contributed by atoms with E-state index >= 15 is 0 Å². The van der Waals surface area contributed by atoms with Crippen LogP contribution in [0.2, 0.25) is 0 Å². The molecule has 1 aliphatic rings. The molecule has 0 saturated carbocycles. The fourth-order valence-electron chi connectivity index (χ4n) is 3.84. The largest absolute Gasteiger partial charge is 0.379 e. The van der Waals surface area contributed by atoms with Gasteiger partial charge in [-0.15, -0.1) is 0 Å². The van der Waals surface area contributed by atoms with E-state index in [9.17, 15) is 0 Å². The van der Waals surface area contributed by atoms with Gasteiger partial charge in [0.05, 0.1) is 25.5 Å². The smallest absolute Gasteiger partial charge is 0.191 e. The maximum atomic E-state index is 5.53. The van der Waals surface area contributed by atoms with Crippen molar-refractivity contribution < 1.29 is 4.74 Å². The highest BCUT2D eigenvalue weighted by Gasteiger charge is 2.22. The number of imidazole rings is 1. The van der Waals surface area contributed by atoms with Crippen molar-refractivity contribution in [3.8, 4) is 0 Å². The van der Waals surface area contributed by atoms with Crippen LogP contribution >= 0.6 is 0 Å². The third-order valence-electron chi connectivity index (χ3n) is 5.30. The van der Waals surface area contributed by atoms with Crippen LogP contribution in [0.25, 0.3) is 5.65 Å². The molecular formula is C22H36N6O. The third-order valence-corrected chi connectivity index (χ3v) is 5.30. The van der Waals surface area contributed by atoms with E-state index in [0.717, 1.165) is 63.1 Å². The molecule has 29 heavy (non-hydrogen) atoms. The highest BCUT2D eigenvalue weighted by atomic mass is 16.5. The lowest BCUT2D eigenvalue weighted by Crippen LogP contribution is -2.51. The molecule has 0 radical (unpaired) electrons. The third kappa shape index (κ3) is 6.18. The summed E-state index contributed by atoms with van der Waals surface area (Å²) in [5.41, 5.74) is 3.12. The summed E-state index contributed by atoms with van der Waals surface area (Å²) in [6.45, 7) is 14.7. The second kappa shape index (κ2) is 10.6. The minimum atomic E-state index is 0.487. The molecule has 0 amide bonds. The molecule has 1 aliphatic heterocycles. The Labute approximate surface area is 174 Å². The van der Waals surface area contributed by atoms with Gasteiger partial charge in [0.15, 0.2) is 5.96 Å². The first-order valence-electron chi connectivity index (χ1n) is 10.8. The van der Waals surface area contributed by atoms with Crippen LogP contribution in [0.1, 0.15) is 38.6 Å². The summed E-state index contributed by atoms with van der Waals surface area (Å²) in [4.78, 5) is 12.0. The van der Waals surface area contributed by atoms with Crippen LogP contribution in [0.4, 0.5) is 0 Å². The molecule has 7 nitrogen and oxygen atoms in total. The Morgan fingerprint density at radius 2 is 2.03 bits per heavy atom. The molecule has 2 aromatic rings. The van der Waals surface area contributed by atoms with E-state index in [0.29, 0.717) is 18.5 Å². The van der Waals surface area contributed by atoms with Crippen LogP contribution in [-0.2, 0) is 11.3 Å². The van der Waals surface area contributed by atoms with Gasteiger partial charge >= 0.3 is 0 Å². The average molecular weight is 401 g/mol. The lowest BCUT2D eigenvalue weighted by atomic mass is 10.0. The van der Waals surface area contributed by atoms with Crippen LogP contribution in [0.5, 0.6) is 0 Å². The fraction of sp³-hybridized carbons (Fsp3) is 0.636. The van der Waals surface area contributed by atoms with Gasteiger partial charge in [-0.1, -0.05) is 19.9 Å². The summed E-state index contributed by atoms with van der Waals surface area (Å²) < 4.78 is 7.65. The van der Waals surface area contributed by atoms with E-state index in [1.54, 1.807) is 0 Å². The lowest BCUT2D eigenvalue weighted by molar-refractivity contribution is 0.0132. The number of pyridine rings is 1. The van der Waals surface area contributed by atoms with E-state index in [1.807, 2.05) is 12.1 Å². The van der Waals surface area contributed by atoms with Crippen LogP contribution in [-0.4, -0.2) is 65.7 Å². The number of morpholine rings is 1. The summed E-state index contributed by atoms with van der Waals surface area (Å²) in [6, 6.07) is 6.65. The van der Waals surface area contributed by atoms with Crippen LogP contribution in [0.15, 0.2) is 29.4 Å². The van der Waals surface area contributed by atoms with Gasteiger partial charge < -0.3 is 19.8 Å². The van der Waals surface area contributed by atoms with Crippen molar-refractivity contribution in [2.75, 3.05) is 39.4 Å². The zero-order chi connectivity index (χ0) is 20.6. The van der Waals surface area contributed by atoms with Crippen molar-refractivity contribution in [2.24, 2.45) is 10.9 Å². The predicted molar refractivity (Wildman–Crippen MR) is 118 cm³/mol. The topological polar surface area (TPSA) is 66.2 Å². The average Bonchev–Trinajstić information content (AvgIpc) is 3.14. The molecule has 1 atom stereocenters. The molecule has 3 rings (SSSR count). The van der Waals surface area contributed by atoms with Crippen molar-refractivity contribution in [3.05, 3.63) is 35.8 Å². The Hall–Kier alpha value is -2.12. The SMILES string of the molecule is CCNC(=NCc1cn2c(C)cccc2n1)NCC(CC(C)C)N1CCOCC1. The molecule has 2 aromatic heterocycles. The zero-order valence-electron chi connectivity index (χ0n) is 18.3. The first-order chi connectivity index (χ1) is 14.1. The second-order valence-electron chi connectivity index (χ2n) is 8.14. The summed E-state index contributed by atoms with van der Waals surface area (Å²) in [7, 11) is 0. The fourth-order valence-corrected chi connectivity index (χ4v) is 3.84. The van der Waals surface area contributed by atoms with E-state index < -0.39 is 0 Å². The van der Waals surface area contributed by atoms with Crippen molar-refractivity contribution in [3.63, 3.8) is 0 Å². The minimum Gasteiger partial charge on any atom is -0.379 e. The van der Waals surface area contributed by atoms with Crippen LogP contribution in [0, 0.1) is 12.8 Å². The standard InChI is InChI=1S/C22H36N6O/c1-5-23-22(24-14-19-16-28-18(4)7-6-8-21(28)26-19)25-15-20(13-17(2)3)27-9-11-29-12-10-27/h6-8,16-17,20H,5,9-15H2,1-4H3,(H2,23,24,25). The normalized spacial score (nSPS) is 17.1. The maximum Gasteiger partial charge on any atom is 0.191 e. The van der Waals surface area contributed by atoms with Gasteiger partial charge in [0.25, 0.3) is 0 Å². The Balaban J connectivity index is 1.64. The molecule has 7 heteroatoms. The van der Waals surface area contributed by atoms with E-state index in [-0.39, 0.29) is 0 Å². The number of ether oxygens (including phenoxy) is 1. The highest BCUT2D eigenvalue weighted by molar-refractivity contribution is 5.79. The second-order valence-corrected chi connectivity index (χ2v) is 8.14. The van der Waals surface area contributed by atoms with Crippen molar-refractivity contribution >= 4 is 11.6 Å². The number of nitrogens with zero attached hydrogens (tertiary/aromatic N) is 4. The summed E-state index contributed by atoms with van der Waals surface area (Å²) in [5.74, 6) is 1.51. The number of rotatable bonds is 8. The van der Waals surface area contributed by atoms with Crippen molar-refractivity contribution in [2.45, 2.75) is 46.7 Å². The lowest BCUT2D eigenvalue weighted by Gasteiger charge is -2.35. The monoisotopic (exact) mass is 400 g/mol. The number of hydrogen-bond acceptors (Lipinski definition) is 4. The highest BCUT2D eigenvalue weighted by Crippen LogP contribution is 2.13. The zero-order valence-corrected chi connectivity index (χ0v) is 18.3. The molecule has 1 saturated heterocycles. The Morgan fingerprint density at radius 3 is 2.72 bits per heavy atom. The number of aryl methyl sites for hydroxylation is 1. The number of nitrogens with one attached hydrogen (secondary N) is 2. The summed E-state index contributed by atoms with van der Waals surface area (Å²) >= 11 is 0. The number of aliphatic imine (C=N–C) groups is 1. The maximum absolute atomic E-state index is 5.53. The number of aromatic nitrogens is 2. The minimum absolute atomic E-state index is 0.487. The molecule has 2 N–H and O–H groups in total. The van der Waals surface area contributed by atoms with Crippen LogP contribution in [0.3, 0.4) is 0 Å². The molecule has 0 aromatic carbocycles. The van der Waals surface area contributed by atoms with Gasteiger partial charge in [-0.05, 0) is 38.3 Å². The van der Waals surface area contributed by atoms with Gasteiger partial charge in [0.2, 0.25) is 0 Å². The molecule has 0 bridgehead atoms. The first-order valence-corrected chi connectivity index (χ1v) is 10.8. The van der Waals surface area contributed by atoms with E-state index in [2.05, 4.69) is 59.9 Å². The Kier molecular flexibility index (Phi) is 7.89. The predicted octanol–water partition coefficient (Wildman–Crippen LogP) is 2.44. The van der Waals surface area contributed by atoms with Gasteiger partial charge in [0, 0.05) is 44.1 Å². The van der Waals surface area contributed by atoms with E-state index in [4.69, 9.17) is 14.7 Å². The summed E-state index contributed by atoms with van der Waals surface area (Å²) in [5, 5.41) is 6.93. The first kappa shape index (κ1) is 21.6. The Morgan fingerprint density at radius 1 is 1.24 bits per heavy atom. The number of guanidine groups is 1. The molecular weight excluding hydrogens is 364 g/mol. The molecule has 160 valence electrons. The van der Waals surface area contributed by atoms with E-state index in [1.165, 1.54) is 5.69 Å².